The number of aliphatic hydroxyl groups is 1. The average molecular weight is 204 g/mol. The van der Waals surface area contributed by atoms with E-state index in [1.54, 1.807) is 13.0 Å². The summed E-state index contributed by atoms with van der Waals surface area (Å²) in [4.78, 5) is 0. The van der Waals surface area contributed by atoms with Crippen LogP contribution in [0.25, 0.3) is 0 Å². The van der Waals surface area contributed by atoms with E-state index in [1.807, 2.05) is 0 Å². The number of hydrogen-bond donors (Lipinski definition) is 2. The van der Waals surface area contributed by atoms with Crippen molar-refractivity contribution < 1.29 is 9.50 Å². The summed E-state index contributed by atoms with van der Waals surface area (Å²) in [6.45, 7) is 1.81. The van der Waals surface area contributed by atoms with Gasteiger partial charge in [0.1, 0.15) is 5.82 Å². The van der Waals surface area contributed by atoms with E-state index < -0.39 is 0 Å². The zero-order valence-corrected chi connectivity index (χ0v) is 7.98. The highest BCUT2D eigenvalue weighted by molar-refractivity contribution is 6.33. The van der Waals surface area contributed by atoms with Gasteiger partial charge in [-0.05, 0) is 25.1 Å². The highest BCUT2D eigenvalue weighted by atomic mass is 35.5. The molecule has 1 aromatic carbocycles. The Morgan fingerprint density at radius 3 is 2.85 bits per heavy atom. The number of benzene rings is 1. The first-order valence-corrected chi connectivity index (χ1v) is 4.33. The summed E-state index contributed by atoms with van der Waals surface area (Å²) in [7, 11) is 0. The topological polar surface area (TPSA) is 32.3 Å². The van der Waals surface area contributed by atoms with Gasteiger partial charge in [-0.25, -0.2) is 4.39 Å². The van der Waals surface area contributed by atoms with Crippen LogP contribution in [-0.4, -0.2) is 17.8 Å². The molecule has 0 amide bonds. The lowest BCUT2D eigenvalue weighted by Gasteiger charge is -2.13. The van der Waals surface area contributed by atoms with Crippen molar-refractivity contribution in [3.05, 3.63) is 29.0 Å². The van der Waals surface area contributed by atoms with Crippen LogP contribution in [-0.2, 0) is 0 Å². The molecule has 1 unspecified atom stereocenters. The molecule has 0 spiro atoms. The van der Waals surface area contributed by atoms with Crippen LogP contribution in [0, 0.1) is 5.82 Å². The lowest BCUT2D eigenvalue weighted by Crippen LogP contribution is -2.19. The molecule has 1 atom stereocenters. The van der Waals surface area contributed by atoms with Crippen LogP contribution in [0.15, 0.2) is 18.2 Å². The summed E-state index contributed by atoms with van der Waals surface area (Å²) in [5.41, 5.74) is 0.629. The highest BCUT2D eigenvalue weighted by Gasteiger charge is 2.04. The Labute approximate surface area is 81.3 Å². The van der Waals surface area contributed by atoms with Gasteiger partial charge in [-0.2, -0.15) is 0 Å². The standard InChI is InChI=1S/C9H11ClFNO/c1-6(5-13)12-9-3-2-7(11)4-8(9)10/h2-4,6,12-13H,5H2,1H3. The first kappa shape index (κ1) is 10.3. The number of anilines is 1. The van der Waals surface area contributed by atoms with Crippen molar-refractivity contribution in [3.63, 3.8) is 0 Å². The van der Waals surface area contributed by atoms with Gasteiger partial charge in [0.2, 0.25) is 0 Å². The van der Waals surface area contributed by atoms with Gasteiger partial charge in [-0.1, -0.05) is 11.6 Å². The van der Waals surface area contributed by atoms with Gasteiger partial charge < -0.3 is 10.4 Å². The Balaban J connectivity index is 2.77. The molecular weight excluding hydrogens is 193 g/mol. The summed E-state index contributed by atoms with van der Waals surface area (Å²) >= 11 is 5.75. The molecule has 0 radical (unpaired) electrons. The third-order valence-corrected chi connectivity index (χ3v) is 1.92. The number of nitrogens with one attached hydrogen (secondary N) is 1. The second-order valence-corrected chi connectivity index (χ2v) is 3.26. The second kappa shape index (κ2) is 4.44. The quantitative estimate of drug-likeness (QED) is 0.790. The lowest BCUT2D eigenvalue weighted by molar-refractivity contribution is 0.281. The molecule has 1 rings (SSSR count). The maximum atomic E-state index is 12.6. The van der Waals surface area contributed by atoms with E-state index in [-0.39, 0.29) is 18.5 Å². The summed E-state index contributed by atoms with van der Waals surface area (Å²) in [6.07, 6.45) is 0. The fraction of sp³-hybridized carbons (Fsp3) is 0.333. The molecule has 72 valence electrons. The van der Waals surface area contributed by atoms with Crippen molar-refractivity contribution in [2.75, 3.05) is 11.9 Å². The minimum absolute atomic E-state index is 0.00764. The van der Waals surface area contributed by atoms with Crippen molar-refractivity contribution in [2.45, 2.75) is 13.0 Å². The van der Waals surface area contributed by atoms with Crippen LogP contribution >= 0.6 is 11.6 Å². The van der Waals surface area contributed by atoms with Gasteiger partial charge in [0, 0.05) is 6.04 Å². The summed E-state index contributed by atoms with van der Waals surface area (Å²) in [6, 6.07) is 4.00. The molecule has 0 aliphatic rings. The molecule has 0 fully saturated rings. The first-order valence-electron chi connectivity index (χ1n) is 3.96. The van der Waals surface area contributed by atoms with E-state index in [0.717, 1.165) is 0 Å². The molecule has 0 bridgehead atoms. The Morgan fingerprint density at radius 1 is 1.62 bits per heavy atom. The van der Waals surface area contributed by atoms with Crippen molar-refractivity contribution in [1.29, 1.82) is 0 Å². The van der Waals surface area contributed by atoms with Crippen molar-refractivity contribution in [3.8, 4) is 0 Å². The van der Waals surface area contributed by atoms with Gasteiger partial charge in [0.25, 0.3) is 0 Å². The third-order valence-electron chi connectivity index (χ3n) is 1.61. The fourth-order valence-corrected chi connectivity index (χ4v) is 1.14. The largest absolute Gasteiger partial charge is 0.394 e. The zero-order valence-electron chi connectivity index (χ0n) is 7.22. The molecule has 0 aromatic heterocycles. The van der Waals surface area contributed by atoms with Crippen molar-refractivity contribution in [2.24, 2.45) is 0 Å². The van der Waals surface area contributed by atoms with E-state index in [2.05, 4.69) is 5.32 Å². The zero-order chi connectivity index (χ0) is 9.84. The smallest absolute Gasteiger partial charge is 0.124 e. The van der Waals surface area contributed by atoms with E-state index in [1.165, 1.54) is 12.1 Å². The number of hydrogen-bond acceptors (Lipinski definition) is 2. The van der Waals surface area contributed by atoms with Crippen LogP contribution in [0.4, 0.5) is 10.1 Å². The number of halogens is 2. The Kier molecular flexibility index (Phi) is 3.51. The normalized spacial score (nSPS) is 12.6. The van der Waals surface area contributed by atoms with Crippen LogP contribution in [0.3, 0.4) is 0 Å². The second-order valence-electron chi connectivity index (χ2n) is 2.85. The van der Waals surface area contributed by atoms with Gasteiger partial charge >= 0.3 is 0 Å². The lowest BCUT2D eigenvalue weighted by atomic mass is 10.2. The minimum Gasteiger partial charge on any atom is -0.394 e. The van der Waals surface area contributed by atoms with Gasteiger partial charge in [0.15, 0.2) is 0 Å². The molecule has 1 aromatic rings. The first-order chi connectivity index (χ1) is 6.13. The monoisotopic (exact) mass is 203 g/mol. The molecule has 0 saturated carbocycles. The molecule has 0 saturated heterocycles. The summed E-state index contributed by atoms with van der Waals surface area (Å²) in [5.74, 6) is -0.368. The Bertz CT molecular complexity index is 293. The molecule has 0 aliphatic heterocycles. The van der Waals surface area contributed by atoms with Crippen LogP contribution < -0.4 is 5.32 Å². The van der Waals surface area contributed by atoms with Crippen LogP contribution in [0.1, 0.15) is 6.92 Å². The predicted octanol–water partition coefficient (Wildman–Crippen LogP) is 2.27. The number of aliphatic hydroxyl groups excluding tert-OH is 1. The fourth-order valence-electron chi connectivity index (χ4n) is 0.918. The minimum atomic E-state index is -0.368. The van der Waals surface area contributed by atoms with Gasteiger partial charge in [-0.15, -0.1) is 0 Å². The molecule has 13 heavy (non-hydrogen) atoms. The van der Waals surface area contributed by atoms with Crippen LogP contribution in [0.2, 0.25) is 5.02 Å². The Morgan fingerprint density at radius 2 is 2.31 bits per heavy atom. The van der Waals surface area contributed by atoms with Gasteiger partial charge in [0.05, 0.1) is 17.3 Å². The maximum absolute atomic E-state index is 12.6. The Hall–Kier alpha value is -0.800. The summed E-state index contributed by atoms with van der Waals surface area (Å²) in [5, 5.41) is 12.0. The molecule has 2 N–H and O–H groups in total. The van der Waals surface area contributed by atoms with E-state index in [9.17, 15) is 4.39 Å². The molecule has 0 heterocycles. The molecule has 0 aliphatic carbocycles. The van der Waals surface area contributed by atoms with Crippen molar-refractivity contribution in [1.82, 2.24) is 0 Å². The average Bonchev–Trinajstić information content (AvgIpc) is 2.09. The third kappa shape index (κ3) is 2.86. The van der Waals surface area contributed by atoms with Crippen molar-refractivity contribution >= 4 is 17.3 Å². The van der Waals surface area contributed by atoms with E-state index >= 15 is 0 Å². The maximum Gasteiger partial charge on any atom is 0.124 e. The predicted molar refractivity (Wildman–Crippen MR) is 51.6 cm³/mol. The number of rotatable bonds is 3. The van der Waals surface area contributed by atoms with Crippen LogP contribution in [0.5, 0.6) is 0 Å². The van der Waals surface area contributed by atoms with E-state index in [4.69, 9.17) is 16.7 Å². The van der Waals surface area contributed by atoms with E-state index in [0.29, 0.717) is 10.7 Å². The van der Waals surface area contributed by atoms with Gasteiger partial charge in [-0.3, -0.25) is 0 Å². The molecule has 2 nitrogen and oxygen atoms in total. The highest BCUT2D eigenvalue weighted by Crippen LogP contribution is 2.22. The SMILES string of the molecule is CC(CO)Nc1ccc(F)cc1Cl. The molecular formula is C9H11ClFNO. The summed E-state index contributed by atoms with van der Waals surface area (Å²) < 4.78 is 12.6. The molecule has 4 heteroatoms.